The van der Waals surface area contributed by atoms with Gasteiger partial charge >= 0.3 is 0 Å². The molecule has 1 aliphatic heterocycles. The van der Waals surface area contributed by atoms with Crippen LogP contribution in [0.4, 0.5) is 0 Å². The van der Waals surface area contributed by atoms with Crippen molar-refractivity contribution in [2.75, 3.05) is 6.61 Å². The predicted molar refractivity (Wildman–Crippen MR) is 129 cm³/mol. The van der Waals surface area contributed by atoms with Crippen molar-refractivity contribution in [1.82, 2.24) is 4.90 Å². The van der Waals surface area contributed by atoms with Crippen molar-refractivity contribution in [3.05, 3.63) is 95.0 Å². The number of benzene rings is 2. The average molecular weight is 460 g/mol. The van der Waals surface area contributed by atoms with E-state index in [4.69, 9.17) is 9.15 Å². The van der Waals surface area contributed by atoms with Crippen LogP contribution in [-0.2, 0) is 22.6 Å². The highest BCUT2D eigenvalue weighted by Crippen LogP contribution is 2.40. The summed E-state index contributed by atoms with van der Waals surface area (Å²) >= 11 is 0. The molecule has 176 valence electrons. The Balaban J connectivity index is 1.77. The highest BCUT2D eigenvalue weighted by molar-refractivity contribution is 6.46. The van der Waals surface area contributed by atoms with E-state index < -0.39 is 17.7 Å². The standard InChI is InChI=1S/C28H29NO5/c1-3-5-15-33-22-9-6-8-21(17-22)26(30)24-25(20-13-11-19(4-2)12-14-20)29(28(32)27(24)31)18-23-10-7-16-34-23/h6-14,16-17,25,30H,3-5,15,18H2,1-2H3. The molecule has 0 radical (unpaired) electrons. The Morgan fingerprint density at radius 1 is 1.06 bits per heavy atom. The maximum atomic E-state index is 13.2. The largest absolute Gasteiger partial charge is 0.507 e. The molecule has 1 amide bonds. The first-order valence-electron chi connectivity index (χ1n) is 11.7. The molecule has 6 nitrogen and oxygen atoms in total. The first-order chi connectivity index (χ1) is 16.5. The van der Waals surface area contributed by atoms with Crippen molar-refractivity contribution in [2.45, 2.75) is 45.7 Å². The van der Waals surface area contributed by atoms with Gasteiger partial charge in [-0.1, -0.05) is 56.7 Å². The van der Waals surface area contributed by atoms with Crippen LogP contribution in [-0.4, -0.2) is 28.3 Å². The lowest BCUT2D eigenvalue weighted by Gasteiger charge is -2.24. The van der Waals surface area contributed by atoms with Crippen LogP contribution in [0.25, 0.3) is 5.76 Å². The van der Waals surface area contributed by atoms with Gasteiger partial charge in [-0.15, -0.1) is 0 Å². The first kappa shape index (κ1) is 23.4. The van der Waals surface area contributed by atoms with E-state index in [1.165, 1.54) is 11.2 Å². The molecule has 0 bridgehead atoms. The van der Waals surface area contributed by atoms with E-state index in [1.54, 1.807) is 30.3 Å². The van der Waals surface area contributed by atoms with Gasteiger partial charge in [-0.05, 0) is 48.2 Å². The number of nitrogens with zero attached hydrogens (tertiary/aromatic N) is 1. The Morgan fingerprint density at radius 2 is 1.85 bits per heavy atom. The van der Waals surface area contributed by atoms with Gasteiger partial charge < -0.3 is 19.2 Å². The molecule has 1 N–H and O–H groups in total. The lowest BCUT2D eigenvalue weighted by atomic mass is 9.94. The van der Waals surface area contributed by atoms with Gasteiger partial charge in [0.25, 0.3) is 11.7 Å². The fourth-order valence-electron chi connectivity index (χ4n) is 4.12. The van der Waals surface area contributed by atoms with Gasteiger partial charge in [0.1, 0.15) is 17.3 Å². The van der Waals surface area contributed by atoms with E-state index in [9.17, 15) is 14.7 Å². The third-order valence-corrected chi connectivity index (χ3v) is 6.02. The molecule has 1 unspecified atom stereocenters. The molecule has 2 aromatic carbocycles. The topological polar surface area (TPSA) is 80.0 Å². The van der Waals surface area contributed by atoms with Gasteiger partial charge in [0.15, 0.2) is 0 Å². The normalized spacial score (nSPS) is 17.4. The number of hydrogen-bond acceptors (Lipinski definition) is 5. The van der Waals surface area contributed by atoms with Crippen LogP contribution >= 0.6 is 0 Å². The molecule has 1 atom stereocenters. The zero-order chi connectivity index (χ0) is 24.1. The highest BCUT2D eigenvalue weighted by atomic mass is 16.5. The van der Waals surface area contributed by atoms with Crippen molar-refractivity contribution in [1.29, 1.82) is 0 Å². The lowest BCUT2D eigenvalue weighted by molar-refractivity contribution is -0.140. The smallest absolute Gasteiger partial charge is 0.296 e. The summed E-state index contributed by atoms with van der Waals surface area (Å²) in [6.45, 7) is 4.83. The van der Waals surface area contributed by atoms with E-state index in [0.29, 0.717) is 23.7 Å². The van der Waals surface area contributed by atoms with Crippen LogP contribution in [0.2, 0.25) is 0 Å². The molecule has 0 aliphatic carbocycles. The summed E-state index contributed by atoms with van der Waals surface area (Å²) in [4.78, 5) is 27.7. The van der Waals surface area contributed by atoms with Crippen LogP contribution in [0.5, 0.6) is 5.75 Å². The molecule has 1 fully saturated rings. The minimum Gasteiger partial charge on any atom is -0.507 e. The zero-order valence-corrected chi connectivity index (χ0v) is 19.5. The number of aliphatic hydroxyl groups excluding tert-OH is 1. The van der Waals surface area contributed by atoms with E-state index in [2.05, 4.69) is 13.8 Å². The van der Waals surface area contributed by atoms with Crippen molar-refractivity contribution >= 4 is 17.4 Å². The van der Waals surface area contributed by atoms with Crippen molar-refractivity contribution in [2.24, 2.45) is 0 Å². The van der Waals surface area contributed by atoms with Crippen LogP contribution in [0.3, 0.4) is 0 Å². The fraction of sp³-hybridized carbons (Fsp3) is 0.286. The Hall–Kier alpha value is -3.80. The molecule has 4 rings (SSSR count). The van der Waals surface area contributed by atoms with Gasteiger partial charge in [-0.3, -0.25) is 9.59 Å². The van der Waals surface area contributed by atoms with Crippen LogP contribution in [0.15, 0.2) is 76.9 Å². The molecule has 1 saturated heterocycles. The Morgan fingerprint density at radius 3 is 2.53 bits per heavy atom. The van der Waals surface area contributed by atoms with Gasteiger partial charge in [0.05, 0.1) is 31.0 Å². The number of hydrogen-bond donors (Lipinski definition) is 1. The number of carbonyl (C=O) groups is 2. The number of carbonyl (C=O) groups excluding carboxylic acids is 2. The fourth-order valence-corrected chi connectivity index (χ4v) is 4.12. The summed E-state index contributed by atoms with van der Waals surface area (Å²) in [5, 5.41) is 11.3. The molecule has 34 heavy (non-hydrogen) atoms. The second-order valence-corrected chi connectivity index (χ2v) is 8.33. The first-order valence-corrected chi connectivity index (χ1v) is 11.7. The van der Waals surface area contributed by atoms with Gasteiger partial charge in [-0.25, -0.2) is 0 Å². The molecule has 0 spiro atoms. The summed E-state index contributed by atoms with van der Waals surface area (Å²) in [5.41, 5.74) is 2.38. The summed E-state index contributed by atoms with van der Waals surface area (Å²) < 4.78 is 11.2. The minimum absolute atomic E-state index is 0.0616. The number of Topliss-reactive ketones (excluding diaryl/α,β-unsaturated/α-hetero) is 1. The summed E-state index contributed by atoms with van der Waals surface area (Å²) in [6.07, 6.45) is 4.33. The van der Waals surface area contributed by atoms with Crippen molar-refractivity contribution in [3.63, 3.8) is 0 Å². The van der Waals surface area contributed by atoms with Gasteiger partial charge in [0.2, 0.25) is 0 Å². The van der Waals surface area contributed by atoms with Crippen LogP contribution in [0.1, 0.15) is 55.2 Å². The van der Waals surface area contributed by atoms with E-state index >= 15 is 0 Å². The number of furan rings is 1. The molecular formula is C28H29NO5. The Kier molecular flexibility index (Phi) is 7.16. The molecule has 6 heteroatoms. The van der Waals surface area contributed by atoms with Crippen LogP contribution in [0, 0.1) is 0 Å². The molecule has 3 aromatic rings. The predicted octanol–water partition coefficient (Wildman–Crippen LogP) is 5.64. The summed E-state index contributed by atoms with van der Waals surface area (Å²) in [7, 11) is 0. The number of amides is 1. The van der Waals surface area contributed by atoms with Crippen molar-refractivity contribution < 1.29 is 23.8 Å². The van der Waals surface area contributed by atoms with E-state index in [-0.39, 0.29) is 17.9 Å². The quantitative estimate of drug-likeness (QED) is 0.194. The summed E-state index contributed by atoms with van der Waals surface area (Å²) in [5.74, 6) is -0.441. The molecular weight excluding hydrogens is 430 g/mol. The number of unbranched alkanes of at least 4 members (excludes halogenated alkanes) is 1. The number of aryl methyl sites for hydroxylation is 1. The lowest BCUT2D eigenvalue weighted by Crippen LogP contribution is -2.29. The van der Waals surface area contributed by atoms with E-state index in [0.717, 1.165) is 30.4 Å². The molecule has 2 heterocycles. The van der Waals surface area contributed by atoms with Gasteiger partial charge in [-0.2, -0.15) is 0 Å². The third-order valence-electron chi connectivity index (χ3n) is 6.02. The van der Waals surface area contributed by atoms with Crippen LogP contribution < -0.4 is 4.74 Å². The SMILES string of the molecule is CCCCOc1cccc(C(O)=C2C(=O)C(=O)N(Cc3ccco3)C2c2ccc(CC)cc2)c1. The maximum Gasteiger partial charge on any atom is 0.296 e. The summed E-state index contributed by atoms with van der Waals surface area (Å²) in [6, 6.07) is 17.5. The second kappa shape index (κ2) is 10.4. The third kappa shape index (κ3) is 4.76. The van der Waals surface area contributed by atoms with Gasteiger partial charge in [0, 0.05) is 5.56 Å². The average Bonchev–Trinajstić information content (AvgIpc) is 3.46. The van der Waals surface area contributed by atoms with Crippen molar-refractivity contribution in [3.8, 4) is 5.75 Å². The number of rotatable bonds is 9. The molecule has 1 aliphatic rings. The van der Waals surface area contributed by atoms with E-state index in [1.807, 2.05) is 30.3 Å². The maximum absolute atomic E-state index is 13.2. The Labute approximate surface area is 199 Å². The second-order valence-electron chi connectivity index (χ2n) is 8.33. The highest BCUT2D eigenvalue weighted by Gasteiger charge is 2.46. The zero-order valence-electron chi connectivity index (χ0n) is 19.5. The number of ketones is 1. The number of likely N-dealkylation sites (tertiary alicyclic amines) is 1. The molecule has 1 aromatic heterocycles. The monoisotopic (exact) mass is 459 g/mol. The minimum atomic E-state index is -0.735. The number of ether oxygens (including phenoxy) is 1. The number of aliphatic hydroxyl groups is 1. The Bertz CT molecular complexity index is 1180. The molecule has 0 saturated carbocycles.